The zero-order valence-corrected chi connectivity index (χ0v) is 19.7. The van der Waals surface area contributed by atoms with Crippen LogP contribution in [0.15, 0.2) is 0 Å². The number of methoxy groups -OCH3 is 2. The van der Waals surface area contributed by atoms with E-state index in [0.29, 0.717) is 28.3 Å². The minimum atomic E-state index is -0.357. The van der Waals surface area contributed by atoms with E-state index in [0.717, 1.165) is 30.0 Å². The molecule has 11 atom stereocenters. The van der Waals surface area contributed by atoms with E-state index in [1.807, 2.05) is 7.11 Å². The summed E-state index contributed by atoms with van der Waals surface area (Å²) in [7, 11) is 3.59. The molecular formula is C26H42O4. The van der Waals surface area contributed by atoms with Gasteiger partial charge in [-0.1, -0.05) is 20.8 Å². The monoisotopic (exact) mass is 418 g/mol. The van der Waals surface area contributed by atoms with E-state index in [4.69, 9.17) is 14.2 Å². The summed E-state index contributed by atoms with van der Waals surface area (Å²) in [5, 5.41) is 0. The first-order valence-corrected chi connectivity index (χ1v) is 12.5. The van der Waals surface area contributed by atoms with Gasteiger partial charge in [-0.2, -0.15) is 0 Å². The lowest BCUT2D eigenvalue weighted by Crippen LogP contribution is -2.57. The third-order valence-electron chi connectivity index (χ3n) is 11.6. The van der Waals surface area contributed by atoms with Crippen LogP contribution in [0.25, 0.3) is 0 Å². The highest BCUT2D eigenvalue weighted by molar-refractivity contribution is 5.56. The minimum Gasteiger partial charge on any atom is -0.381 e. The quantitative estimate of drug-likeness (QED) is 0.426. The first-order chi connectivity index (χ1) is 14.4. The molecule has 0 aromatic rings. The molecule has 1 spiro atoms. The van der Waals surface area contributed by atoms with E-state index in [1.165, 1.54) is 51.4 Å². The predicted molar refractivity (Wildman–Crippen MR) is 116 cm³/mol. The number of hydrogen-bond donors (Lipinski definition) is 0. The fourth-order valence-corrected chi connectivity index (χ4v) is 10.2. The number of ether oxygens (including phenoxy) is 3. The zero-order chi connectivity index (χ0) is 21.3. The number of carbonyl (C=O) groups is 1. The van der Waals surface area contributed by atoms with E-state index in [1.54, 1.807) is 7.11 Å². The van der Waals surface area contributed by atoms with Crippen molar-refractivity contribution in [1.82, 2.24) is 0 Å². The van der Waals surface area contributed by atoms with Crippen LogP contribution in [0.1, 0.15) is 72.1 Å². The highest BCUT2D eigenvalue weighted by Crippen LogP contribution is 2.82. The van der Waals surface area contributed by atoms with Crippen LogP contribution in [0.4, 0.5) is 0 Å². The third-order valence-corrected chi connectivity index (χ3v) is 11.6. The molecule has 5 rings (SSSR count). The van der Waals surface area contributed by atoms with Crippen LogP contribution in [-0.2, 0) is 19.0 Å². The molecule has 0 radical (unpaired) electrons. The topological polar surface area (TPSA) is 44.8 Å². The molecule has 4 heteroatoms. The lowest BCUT2D eigenvalue weighted by Gasteiger charge is -2.61. The number of carbonyl (C=O) groups excluding carboxylic acids is 1. The normalized spacial score (nSPS) is 53.2. The molecule has 5 saturated carbocycles. The summed E-state index contributed by atoms with van der Waals surface area (Å²) in [5.74, 6) is 4.16. The smallest absolute Gasteiger partial charge is 0.149 e. The first-order valence-electron chi connectivity index (χ1n) is 12.5. The Morgan fingerprint density at radius 1 is 1.07 bits per heavy atom. The van der Waals surface area contributed by atoms with E-state index in [9.17, 15) is 4.79 Å². The van der Waals surface area contributed by atoms with Crippen LogP contribution >= 0.6 is 0 Å². The third kappa shape index (κ3) is 2.59. The average molecular weight is 419 g/mol. The molecule has 5 aliphatic carbocycles. The van der Waals surface area contributed by atoms with Crippen molar-refractivity contribution in [3.05, 3.63) is 0 Å². The fraction of sp³-hybridized carbons (Fsp3) is 0.962. The Morgan fingerprint density at radius 2 is 1.87 bits per heavy atom. The average Bonchev–Trinajstić information content (AvgIpc) is 3.25. The molecule has 0 amide bonds. The summed E-state index contributed by atoms with van der Waals surface area (Å²) in [6.45, 7) is 7.62. The molecule has 170 valence electrons. The molecular weight excluding hydrogens is 376 g/mol. The van der Waals surface area contributed by atoms with Crippen molar-refractivity contribution < 1.29 is 19.0 Å². The molecule has 5 fully saturated rings. The molecule has 0 bridgehead atoms. The minimum absolute atomic E-state index is 0.197. The van der Waals surface area contributed by atoms with Gasteiger partial charge in [0.25, 0.3) is 0 Å². The Morgan fingerprint density at radius 3 is 2.53 bits per heavy atom. The Kier molecular flexibility index (Phi) is 5.19. The Bertz CT molecular complexity index is 680. The molecule has 0 saturated heterocycles. The van der Waals surface area contributed by atoms with Gasteiger partial charge >= 0.3 is 0 Å². The largest absolute Gasteiger partial charge is 0.381 e. The van der Waals surface area contributed by atoms with E-state index in [2.05, 4.69) is 20.8 Å². The van der Waals surface area contributed by atoms with Gasteiger partial charge in [0.05, 0.1) is 6.10 Å². The van der Waals surface area contributed by atoms with E-state index >= 15 is 0 Å². The molecule has 0 unspecified atom stereocenters. The van der Waals surface area contributed by atoms with Gasteiger partial charge < -0.3 is 19.0 Å². The van der Waals surface area contributed by atoms with Crippen LogP contribution in [-0.4, -0.2) is 39.5 Å². The standard InChI is InChI=1S/C26H42O4/c1-16(22(14-27)30-15-28-4)19-6-7-20-18-12-23(29-5)26-13-17(26)8-11-25(26,3)21(18)9-10-24(19,20)2/h14,16-23H,6-13,15H2,1-5H3/t16-,17-,18-,19+,20-,21-,22-,23+,24+,25+,26-/m0/s1. The lowest BCUT2D eigenvalue weighted by molar-refractivity contribution is -0.166. The summed E-state index contributed by atoms with van der Waals surface area (Å²) < 4.78 is 17.1. The SMILES string of the molecule is COCO[C@@H](C=O)[C@@H](C)[C@H]1CC[C@H]2[C@@H]3C[C@@H](OC)[C@]45C[C@@H]4CC[C@]5(C)[C@H]3CC[C@]12C. The maximum absolute atomic E-state index is 11.8. The number of fused-ring (bicyclic) bond motifs is 4. The lowest BCUT2D eigenvalue weighted by atomic mass is 9.45. The fourth-order valence-electron chi connectivity index (χ4n) is 10.2. The maximum Gasteiger partial charge on any atom is 0.149 e. The van der Waals surface area contributed by atoms with Crippen LogP contribution in [0.5, 0.6) is 0 Å². The molecule has 0 N–H and O–H groups in total. The summed E-state index contributed by atoms with van der Waals surface area (Å²) in [5.41, 5.74) is 1.30. The van der Waals surface area contributed by atoms with Gasteiger partial charge in [-0.25, -0.2) is 0 Å². The van der Waals surface area contributed by atoms with Crippen molar-refractivity contribution in [2.24, 2.45) is 51.8 Å². The second-order valence-electron chi connectivity index (χ2n) is 12.0. The van der Waals surface area contributed by atoms with Gasteiger partial charge in [0, 0.05) is 19.6 Å². The Labute approximate surface area is 182 Å². The molecule has 0 aliphatic heterocycles. The number of hydrogen-bond acceptors (Lipinski definition) is 4. The Balaban J connectivity index is 1.40. The molecule has 0 aromatic heterocycles. The summed E-state index contributed by atoms with van der Waals surface area (Å²) in [6, 6.07) is 0. The zero-order valence-electron chi connectivity index (χ0n) is 19.7. The molecule has 0 aromatic carbocycles. The molecule has 30 heavy (non-hydrogen) atoms. The van der Waals surface area contributed by atoms with Crippen molar-refractivity contribution >= 4 is 6.29 Å². The van der Waals surface area contributed by atoms with Crippen molar-refractivity contribution in [2.75, 3.05) is 21.0 Å². The van der Waals surface area contributed by atoms with Gasteiger partial charge in [-0.3, -0.25) is 0 Å². The van der Waals surface area contributed by atoms with Gasteiger partial charge in [-0.05, 0) is 97.7 Å². The number of rotatable bonds is 7. The van der Waals surface area contributed by atoms with Crippen molar-refractivity contribution in [3.8, 4) is 0 Å². The second kappa shape index (κ2) is 7.28. The van der Waals surface area contributed by atoms with Crippen LogP contribution in [0, 0.1) is 51.8 Å². The first kappa shape index (κ1) is 21.4. The second-order valence-corrected chi connectivity index (χ2v) is 12.0. The van der Waals surface area contributed by atoms with Crippen molar-refractivity contribution in [2.45, 2.75) is 84.3 Å². The maximum atomic E-state index is 11.8. The molecule has 4 nitrogen and oxygen atoms in total. The van der Waals surface area contributed by atoms with Crippen LogP contribution < -0.4 is 0 Å². The van der Waals surface area contributed by atoms with E-state index < -0.39 is 0 Å². The summed E-state index contributed by atoms with van der Waals surface area (Å²) >= 11 is 0. The van der Waals surface area contributed by atoms with Gasteiger partial charge in [0.2, 0.25) is 0 Å². The van der Waals surface area contributed by atoms with Gasteiger partial charge in [-0.15, -0.1) is 0 Å². The van der Waals surface area contributed by atoms with Gasteiger partial charge in [0.1, 0.15) is 19.2 Å². The highest BCUT2D eigenvalue weighted by Gasteiger charge is 2.77. The van der Waals surface area contributed by atoms with Crippen LogP contribution in [0.2, 0.25) is 0 Å². The van der Waals surface area contributed by atoms with Gasteiger partial charge in [0.15, 0.2) is 0 Å². The highest BCUT2D eigenvalue weighted by atomic mass is 16.7. The Hall–Kier alpha value is -0.450. The summed E-state index contributed by atoms with van der Waals surface area (Å²) in [6.07, 6.45) is 11.9. The van der Waals surface area contributed by atoms with Crippen molar-refractivity contribution in [1.29, 1.82) is 0 Å². The summed E-state index contributed by atoms with van der Waals surface area (Å²) in [4.78, 5) is 11.8. The van der Waals surface area contributed by atoms with E-state index in [-0.39, 0.29) is 18.8 Å². The molecule has 5 aliphatic rings. The van der Waals surface area contributed by atoms with Crippen LogP contribution in [0.3, 0.4) is 0 Å². The predicted octanol–water partition coefficient (Wildman–Crippen LogP) is 5.09. The number of aldehydes is 1. The molecule has 0 heterocycles. The van der Waals surface area contributed by atoms with Crippen molar-refractivity contribution in [3.63, 3.8) is 0 Å².